The molecule has 3 aromatic heterocycles. The van der Waals surface area contributed by atoms with Gasteiger partial charge < -0.3 is 4.90 Å². The average molecular weight is 407 g/mol. The number of Topliss-reactive ketones (excluding diaryl/α,β-unsaturated/α-hetero) is 1. The lowest BCUT2D eigenvalue weighted by Gasteiger charge is -2.16. The molecule has 0 aromatic carbocycles. The van der Waals surface area contributed by atoms with Gasteiger partial charge in [-0.15, -0.1) is 0 Å². The van der Waals surface area contributed by atoms with E-state index in [4.69, 9.17) is 0 Å². The highest BCUT2D eigenvalue weighted by Crippen LogP contribution is 2.30. The van der Waals surface area contributed by atoms with Crippen LogP contribution < -0.4 is 4.90 Å². The van der Waals surface area contributed by atoms with Crippen LogP contribution in [0.4, 0.5) is 9.93 Å². The fourth-order valence-electron chi connectivity index (χ4n) is 3.27. The monoisotopic (exact) mass is 407 g/mol. The third-order valence-electron chi connectivity index (χ3n) is 4.81. The number of ketones is 1. The highest BCUT2D eigenvalue weighted by Gasteiger charge is 2.32. The number of pyridine rings is 2. The van der Waals surface area contributed by atoms with E-state index < -0.39 is 0 Å². The van der Waals surface area contributed by atoms with Crippen molar-refractivity contribution in [3.05, 3.63) is 70.8 Å². The molecule has 4 rings (SSSR count). The number of carbonyl (C=O) groups excluding carboxylic acids is 2. The third-order valence-corrected chi connectivity index (χ3v) is 6.03. The van der Waals surface area contributed by atoms with Gasteiger partial charge in [0.1, 0.15) is 0 Å². The Morgan fingerprint density at radius 3 is 2.83 bits per heavy atom. The zero-order valence-corrected chi connectivity index (χ0v) is 16.9. The molecule has 0 unspecified atom stereocenters. The Balaban J connectivity index is 1.42. The molecule has 3 aromatic rings. The molecule has 0 N–H and O–H groups in total. The van der Waals surface area contributed by atoms with E-state index in [-0.39, 0.29) is 11.8 Å². The van der Waals surface area contributed by atoms with Crippen LogP contribution in [0, 0.1) is 6.92 Å². The minimum atomic E-state index is -0.0984. The van der Waals surface area contributed by atoms with Crippen molar-refractivity contribution in [2.75, 3.05) is 18.0 Å². The van der Waals surface area contributed by atoms with Crippen molar-refractivity contribution in [2.24, 2.45) is 0 Å². The normalized spacial score (nSPS) is 13.9. The maximum atomic E-state index is 12.8. The molecule has 1 saturated heterocycles. The van der Waals surface area contributed by atoms with Crippen molar-refractivity contribution in [3.8, 4) is 0 Å². The number of hydrogen-bond acceptors (Lipinski definition) is 6. The van der Waals surface area contributed by atoms with Gasteiger partial charge in [-0.25, -0.2) is 9.78 Å². The van der Waals surface area contributed by atoms with Gasteiger partial charge in [-0.05, 0) is 37.1 Å². The van der Waals surface area contributed by atoms with Crippen LogP contribution in [0.1, 0.15) is 33.0 Å². The lowest BCUT2D eigenvalue weighted by molar-refractivity contribution is 0.0986. The number of anilines is 1. The summed E-state index contributed by atoms with van der Waals surface area (Å²) in [5, 5.41) is 0.584. The molecule has 1 aliphatic heterocycles. The molecule has 0 aliphatic carbocycles. The fraction of sp³-hybridized carbons (Fsp3) is 0.286. The quantitative estimate of drug-likeness (QED) is 0.560. The number of hydrogen-bond donors (Lipinski definition) is 0. The van der Waals surface area contributed by atoms with Gasteiger partial charge in [-0.2, -0.15) is 0 Å². The zero-order valence-electron chi connectivity index (χ0n) is 16.1. The van der Waals surface area contributed by atoms with Gasteiger partial charge in [0, 0.05) is 38.1 Å². The van der Waals surface area contributed by atoms with Gasteiger partial charge >= 0.3 is 6.03 Å². The minimum Gasteiger partial charge on any atom is -0.317 e. The Kier molecular flexibility index (Phi) is 5.62. The summed E-state index contributed by atoms with van der Waals surface area (Å²) in [5.74, 6) is 0.0482. The van der Waals surface area contributed by atoms with Gasteiger partial charge in [0.25, 0.3) is 0 Å². The summed E-state index contributed by atoms with van der Waals surface area (Å²) in [5.41, 5.74) is 2.56. The first-order chi connectivity index (χ1) is 14.1. The highest BCUT2D eigenvalue weighted by atomic mass is 32.1. The largest absolute Gasteiger partial charge is 0.326 e. The lowest BCUT2D eigenvalue weighted by atomic mass is 10.1. The minimum absolute atomic E-state index is 0.0482. The van der Waals surface area contributed by atoms with Crippen LogP contribution >= 0.6 is 11.3 Å². The molecule has 0 spiro atoms. The van der Waals surface area contributed by atoms with Crippen LogP contribution in [-0.2, 0) is 13.0 Å². The summed E-state index contributed by atoms with van der Waals surface area (Å²) in [6, 6.07) is 9.40. The molecule has 29 heavy (non-hydrogen) atoms. The molecule has 8 heteroatoms. The van der Waals surface area contributed by atoms with Crippen molar-refractivity contribution < 1.29 is 9.59 Å². The second kappa shape index (κ2) is 8.48. The van der Waals surface area contributed by atoms with Gasteiger partial charge in [0.05, 0.1) is 22.8 Å². The van der Waals surface area contributed by atoms with E-state index in [1.54, 1.807) is 28.4 Å². The van der Waals surface area contributed by atoms with Crippen LogP contribution in [0.3, 0.4) is 0 Å². The lowest BCUT2D eigenvalue weighted by Crippen LogP contribution is -2.31. The Morgan fingerprint density at radius 2 is 2.07 bits per heavy atom. The SMILES string of the molecule is Cc1nc(N2CCN(Cc3ccccn3)C2=O)sc1C(=O)CCc1cccnc1. The second-order valence-corrected chi connectivity index (χ2v) is 7.85. The van der Waals surface area contributed by atoms with Crippen LogP contribution in [0.15, 0.2) is 48.9 Å². The predicted octanol–water partition coefficient (Wildman–Crippen LogP) is 3.50. The van der Waals surface area contributed by atoms with Crippen molar-refractivity contribution in [2.45, 2.75) is 26.3 Å². The van der Waals surface area contributed by atoms with Gasteiger partial charge in [0.15, 0.2) is 10.9 Å². The fourth-order valence-corrected chi connectivity index (χ4v) is 4.32. The summed E-state index contributed by atoms with van der Waals surface area (Å²) in [7, 11) is 0. The van der Waals surface area contributed by atoms with E-state index in [9.17, 15) is 9.59 Å². The molecule has 1 aliphatic rings. The topological polar surface area (TPSA) is 79.3 Å². The average Bonchev–Trinajstić information content (AvgIpc) is 3.30. The van der Waals surface area contributed by atoms with Crippen molar-refractivity contribution in [3.63, 3.8) is 0 Å². The maximum Gasteiger partial charge on any atom is 0.326 e. The summed E-state index contributed by atoms with van der Waals surface area (Å²) in [6.45, 7) is 3.46. The van der Waals surface area contributed by atoms with Crippen LogP contribution in [0.5, 0.6) is 0 Å². The summed E-state index contributed by atoms with van der Waals surface area (Å²) >= 11 is 1.30. The Hall–Kier alpha value is -3.13. The van der Waals surface area contributed by atoms with E-state index in [1.165, 1.54) is 11.3 Å². The maximum absolute atomic E-state index is 12.8. The standard InChI is InChI=1S/C21H21N5O2S/c1-15-19(18(27)8-7-16-5-4-9-22-13-16)29-20(24-15)26-12-11-25(21(26)28)14-17-6-2-3-10-23-17/h2-6,9-10,13H,7-8,11-12,14H2,1H3. The third kappa shape index (κ3) is 4.32. The van der Waals surface area contributed by atoms with Crippen molar-refractivity contribution >= 4 is 28.3 Å². The molecular formula is C21H21N5O2S. The molecule has 0 atom stereocenters. The first-order valence-corrected chi connectivity index (χ1v) is 10.3. The highest BCUT2D eigenvalue weighted by molar-refractivity contribution is 7.17. The van der Waals surface area contributed by atoms with Crippen LogP contribution in [0.2, 0.25) is 0 Å². The Bertz CT molecular complexity index is 1010. The molecular weight excluding hydrogens is 386 g/mol. The smallest absolute Gasteiger partial charge is 0.317 e. The molecule has 148 valence electrons. The number of carbonyl (C=O) groups is 2. The van der Waals surface area contributed by atoms with E-state index in [0.717, 1.165) is 11.3 Å². The Labute approximate surface area is 173 Å². The zero-order chi connectivity index (χ0) is 20.2. The molecule has 1 fully saturated rings. The Morgan fingerprint density at radius 1 is 1.17 bits per heavy atom. The number of urea groups is 1. The second-order valence-electron chi connectivity index (χ2n) is 6.87. The number of aryl methyl sites for hydroxylation is 2. The molecule has 4 heterocycles. The summed E-state index contributed by atoms with van der Waals surface area (Å²) in [4.78, 5) is 42.4. The number of rotatable bonds is 7. The molecule has 0 bridgehead atoms. The summed E-state index contributed by atoms with van der Waals surface area (Å²) in [6.07, 6.45) is 6.25. The number of nitrogens with zero attached hydrogens (tertiary/aromatic N) is 5. The molecule has 0 radical (unpaired) electrons. The predicted molar refractivity (Wildman–Crippen MR) is 111 cm³/mol. The first kappa shape index (κ1) is 19.2. The summed E-state index contributed by atoms with van der Waals surface area (Å²) < 4.78 is 0. The van der Waals surface area contributed by atoms with E-state index >= 15 is 0 Å². The van der Waals surface area contributed by atoms with Crippen molar-refractivity contribution in [1.29, 1.82) is 0 Å². The van der Waals surface area contributed by atoms with Gasteiger partial charge in [0.2, 0.25) is 0 Å². The number of thiazole rings is 1. The molecule has 7 nitrogen and oxygen atoms in total. The van der Waals surface area contributed by atoms with Gasteiger partial charge in [-0.3, -0.25) is 19.7 Å². The van der Waals surface area contributed by atoms with E-state index in [1.807, 2.05) is 37.3 Å². The first-order valence-electron chi connectivity index (χ1n) is 9.47. The number of amides is 2. The number of aromatic nitrogens is 3. The van der Waals surface area contributed by atoms with Crippen molar-refractivity contribution in [1.82, 2.24) is 19.9 Å². The molecule has 0 saturated carbocycles. The van der Waals surface area contributed by atoms with Crippen LogP contribution in [0.25, 0.3) is 0 Å². The molecule has 2 amide bonds. The van der Waals surface area contributed by atoms with Crippen LogP contribution in [-0.4, -0.2) is 44.8 Å². The van der Waals surface area contributed by atoms with Gasteiger partial charge in [-0.1, -0.05) is 23.5 Å². The van der Waals surface area contributed by atoms with E-state index in [2.05, 4.69) is 15.0 Å². The van der Waals surface area contributed by atoms with E-state index in [0.29, 0.717) is 48.2 Å².